The van der Waals surface area contributed by atoms with Crippen molar-refractivity contribution in [3.63, 3.8) is 0 Å². The van der Waals surface area contributed by atoms with Crippen molar-refractivity contribution in [2.75, 3.05) is 12.3 Å². The molecule has 1 aromatic heterocycles. The maximum atomic E-state index is 11.3. The molecule has 5 heteroatoms. The smallest absolute Gasteiger partial charge is 0.408 e. The topological polar surface area (TPSA) is 77.2 Å². The van der Waals surface area contributed by atoms with Gasteiger partial charge in [0.2, 0.25) is 0 Å². The van der Waals surface area contributed by atoms with E-state index in [4.69, 9.17) is 10.5 Å². The van der Waals surface area contributed by atoms with Crippen molar-refractivity contribution in [3.05, 3.63) is 24.0 Å². The molecule has 0 saturated heterocycles. The maximum Gasteiger partial charge on any atom is 0.408 e. The van der Waals surface area contributed by atoms with Crippen molar-refractivity contribution in [3.8, 4) is 11.8 Å². The van der Waals surface area contributed by atoms with Crippen LogP contribution in [0.1, 0.15) is 26.3 Å². The number of pyridine rings is 1. The molecule has 0 saturated carbocycles. The summed E-state index contributed by atoms with van der Waals surface area (Å²) in [5.41, 5.74) is 6.39. The van der Waals surface area contributed by atoms with Gasteiger partial charge in [0.1, 0.15) is 5.60 Å². The highest BCUT2D eigenvalue weighted by atomic mass is 16.6. The first-order valence-corrected chi connectivity index (χ1v) is 5.54. The minimum absolute atomic E-state index is 0.198. The number of nitrogen functional groups attached to an aromatic ring is 1. The van der Waals surface area contributed by atoms with Crippen LogP contribution in [0, 0.1) is 11.8 Å². The van der Waals surface area contributed by atoms with E-state index in [-0.39, 0.29) is 6.54 Å². The molecule has 1 amide bonds. The molecule has 1 heterocycles. The summed E-state index contributed by atoms with van der Waals surface area (Å²) in [6.45, 7) is 5.60. The van der Waals surface area contributed by atoms with Crippen LogP contribution in [0.4, 0.5) is 10.5 Å². The summed E-state index contributed by atoms with van der Waals surface area (Å²) >= 11 is 0. The number of nitrogens with one attached hydrogen (secondary N) is 1. The summed E-state index contributed by atoms with van der Waals surface area (Å²) < 4.78 is 5.06. The zero-order valence-electron chi connectivity index (χ0n) is 10.8. The second-order valence-electron chi connectivity index (χ2n) is 4.62. The first kappa shape index (κ1) is 13.8. The van der Waals surface area contributed by atoms with Gasteiger partial charge >= 0.3 is 6.09 Å². The Balaban J connectivity index is 2.44. The summed E-state index contributed by atoms with van der Waals surface area (Å²) in [4.78, 5) is 15.2. The van der Waals surface area contributed by atoms with Crippen molar-refractivity contribution in [2.45, 2.75) is 26.4 Å². The lowest BCUT2D eigenvalue weighted by atomic mass is 10.2. The molecule has 0 aromatic carbocycles. The lowest BCUT2D eigenvalue weighted by Crippen LogP contribution is -2.32. The molecular formula is C13H17N3O2. The lowest BCUT2D eigenvalue weighted by Gasteiger charge is -2.18. The molecule has 0 aliphatic heterocycles. The van der Waals surface area contributed by atoms with Crippen LogP contribution >= 0.6 is 0 Å². The Labute approximate surface area is 107 Å². The summed E-state index contributed by atoms with van der Waals surface area (Å²) in [5.74, 6) is 5.60. The van der Waals surface area contributed by atoms with E-state index in [1.807, 2.05) is 0 Å². The highest BCUT2D eigenvalue weighted by Crippen LogP contribution is 2.06. The predicted molar refractivity (Wildman–Crippen MR) is 69.8 cm³/mol. The van der Waals surface area contributed by atoms with Crippen LogP contribution in [0.25, 0.3) is 0 Å². The Kier molecular flexibility index (Phi) is 4.55. The van der Waals surface area contributed by atoms with E-state index in [9.17, 15) is 4.79 Å². The number of anilines is 1. The van der Waals surface area contributed by atoms with Gasteiger partial charge in [-0.25, -0.2) is 4.79 Å². The molecule has 0 aliphatic rings. The van der Waals surface area contributed by atoms with E-state index in [1.54, 1.807) is 39.2 Å². The van der Waals surface area contributed by atoms with Gasteiger partial charge in [-0.2, -0.15) is 0 Å². The Morgan fingerprint density at radius 2 is 2.28 bits per heavy atom. The molecule has 0 unspecified atom stereocenters. The van der Waals surface area contributed by atoms with Gasteiger partial charge in [0, 0.05) is 12.4 Å². The number of amides is 1. The third kappa shape index (κ3) is 5.21. The standard InChI is InChI=1S/C13H17N3O2/c1-13(2,3)18-12(17)16-7-4-5-10-9-15-8-6-11(10)14/h6,8-9H,7H2,1-3H3,(H2,14,15)(H,16,17). The first-order chi connectivity index (χ1) is 8.38. The molecule has 0 aliphatic carbocycles. The minimum atomic E-state index is -0.509. The molecule has 0 spiro atoms. The van der Waals surface area contributed by atoms with E-state index < -0.39 is 11.7 Å². The average molecular weight is 247 g/mol. The third-order valence-corrected chi connectivity index (χ3v) is 1.80. The number of aromatic nitrogens is 1. The minimum Gasteiger partial charge on any atom is -0.444 e. The van der Waals surface area contributed by atoms with Crippen LogP contribution in [0.5, 0.6) is 0 Å². The zero-order valence-corrected chi connectivity index (χ0v) is 10.8. The summed E-state index contributed by atoms with van der Waals surface area (Å²) in [5, 5.41) is 2.53. The molecule has 96 valence electrons. The van der Waals surface area contributed by atoms with Crippen LogP contribution in [0.2, 0.25) is 0 Å². The van der Waals surface area contributed by atoms with Gasteiger partial charge in [0.15, 0.2) is 0 Å². The summed E-state index contributed by atoms with van der Waals surface area (Å²) in [6, 6.07) is 1.67. The molecule has 0 fully saturated rings. The number of hydrogen-bond donors (Lipinski definition) is 2. The quantitative estimate of drug-likeness (QED) is 0.738. The van der Waals surface area contributed by atoms with E-state index in [1.165, 1.54) is 0 Å². The van der Waals surface area contributed by atoms with Crippen LogP contribution in [-0.2, 0) is 4.74 Å². The van der Waals surface area contributed by atoms with Crippen molar-refractivity contribution < 1.29 is 9.53 Å². The monoisotopic (exact) mass is 247 g/mol. The van der Waals surface area contributed by atoms with Crippen molar-refractivity contribution in [1.29, 1.82) is 0 Å². The van der Waals surface area contributed by atoms with Crippen LogP contribution in [0.15, 0.2) is 18.5 Å². The number of ether oxygens (including phenoxy) is 1. The van der Waals surface area contributed by atoms with E-state index in [0.29, 0.717) is 11.3 Å². The Bertz CT molecular complexity index is 481. The fourth-order valence-electron chi connectivity index (χ4n) is 1.08. The van der Waals surface area contributed by atoms with Gasteiger partial charge in [0.25, 0.3) is 0 Å². The molecule has 3 N–H and O–H groups in total. The van der Waals surface area contributed by atoms with Gasteiger partial charge in [0.05, 0.1) is 17.8 Å². The molecule has 0 atom stereocenters. The molecule has 1 aromatic rings. The van der Waals surface area contributed by atoms with Crippen LogP contribution in [-0.4, -0.2) is 23.2 Å². The third-order valence-electron chi connectivity index (χ3n) is 1.80. The number of nitrogens with two attached hydrogens (primary N) is 1. The second kappa shape index (κ2) is 5.92. The van der Waals surface area contributed by atoms with Crippen molar-refractivity contribution in [2.24, 2.45) is 0 Å². The highest BCUT2D eigenvalue weighted by Gasteiger charge is 2.14. The van der Waals surface area contributed by atoms with E-state index >= 15 is 0 Å². The Hall–Kier alpha value is -2.22. The lowest BCUT2D eigenvalue weighted by molar-refractivity contribution is 0.0535. The number of hydrogen-bond acceptors (Lipinski definition) is 4. The SMILES string of the molecule is CC(C)(C)OC(=O)NCC#Cc1cnccc1N. The summed E-state index contributed by atoms with van der Waals surface area (Å²) in [6.07, 6.45) is 2.69. The summed E-state index contributed by atoms with van der Waals surface area (Å²) in [7, 11) is 0. The molecule has 0 radical (unpaired) electrons. The average Bonchev–Trinajstić information content (AvgIpc) is 2.24. The van der Waals surface area contributed by atoms with Gasteiger partial charge in [-0.15, -0.1) is 0 Å². The van der Waals surface area contributed by atoms with Crippen LogP contribution in [0.3, 0.4) is 0 Å². The Morgan fingerprint density at radius 1 is 1.56 bits per heavy atom. The largest absolute Gasteiger partial charge is 0.444 e. The first-order valence-electron chi connectivity index (χ1n) is 5.54. The van der Waals surface area contributed by atoms with E-state index in [2.05, 4.69) is 22.1 Å². The van der Waals surface area contributed by atoms with E-state index in [0.717, 1.165) is 0 Å². The van der Waals surface area contributed by atoms with Crippen molar-refractivity contribution in [1.82, 2.24) is 10.3 Å². The molecule has 5 nitrogen and oxygen atoms in total. The fourth-order valence-corrected chi connectivity index (χ4v) is 1.08. The molecule has 1 rings (SSSR count). The number of alkyl carbamates (subject to hydrolysis) is 1. The van der Waals surface area contributed by atoms with Crippen molar-refractivity contribution >= 4 is 11.8 Å². The molecule has 18 heavy (non-hydrogen) atoms. The highest BCUT2D eigenvalue weighted by molar-refractivity contribution is 5.68. The Morgan fingerprint density at radius 3 is 2.89 bits per heavy atom. The molecular weight excluding hydrogens is 230 g/mol. The fraction of sp³-hybridized carbons (Fsp3) is 0.385. The zero-order chi connectivity index (χ0) is 13.6. The second-order valence-corrected chi connectivity index (χ2v) is 4.62. The van der Waals surface area contributed by atoms with Gasteiger partial charge in [-0.3, -0.25) is 4.98 Å². The van der Waals surface area contributed by atoms with Gasteiger partial charge in [-0.1, -0.05) is 11.8 Å². The normalized spacial score (nSPS) is 10.2. The van der Waals surface area contributed by atoms with Crippen LogP contribution < -0.4 is 11.1 Å². The number of carbonyl (C=O) groups excluding carboxylic acids is 1. The van der Waals surface area contributed by atoms with Gasteiger partial charge in [-0.05, 0) is 26.8 Å². The number of carbonyl (C=O) groups is 1. The maximum absolute atomic E-state index is 11.3. The molecule has 0 bridgehead atoms. The number of nitrogens with zero attached hydrogens (tertiary/aromatic N) is 1. The predicted octanol–water partition coefficient (Wildman–Crippen LogP) is 1.54. The van der Waals surface area contributed by atoms with Gasteiger partial charge < -0.3 is 15.8 Å². The number of rotatable bonds is 1.